The van der Waals surface area contributed by atoms with Gasteiger partial charge >= 0.3 is 0 Å². The molecule has 1 aliphatic heterocycles. The molecule has 162 valence electrons. The fourth-order valence-corrected chi connectivity index (χ4v) is 4.86. The summed E-state index contributed by atoms with van der Waals surface area (Å²) in [4.78, 5) is 28.0. The maximum atomic E-state index is 13.3. The number of thiophene rings is 1. The zero-order chi connectivity index (χ0) is 22.0. The second-order valence-corrected chi connectivity index (χ2v) is 9.43. The molecule has 0 spiro atoms. The average molecular weight is 437 g/mol. The van der Waals surface area contributed by atoms with Gasteiger partial charge in [0.15, 0.2) is 0 Å². The standard InChI is InChI=1S/C24H28N4O2S/c1-17(2)25-23(30)24(10-12-28(16-24)22(29)21-8-11-27(3)26-21)14-18-4-6-19(7-5-18)20-9-13-31-15-20/h4-9,11,13,15,17H,10,12,14,16H2,1-3H3,(H,25,30)/t24-/m0/s1. The summed E-state index contributed by atoms with van der Waals surface area (Å²) in [7, 11) is 1.79. The Balaban J connectivity index is 1.56. The minimum atomic E-state index is -0.640. The van der Waals surface area contributed by atoms with Crippen molar-refractivity contribution in [2.24, 2.45) is 12.5 Å². The summed E-state index contributed by atoms with van der Waals surface area (Å²) in [6.07, 6.45) is 2.99. The number of carbonyl (C=O) groups is 2. The number of likely N-dealkylation sites (tertiary alicyclic amines) is 1. The van der Waals surface area contributed by atoms with E-state index in [0.717, 1.165) is 5.56 Å². The number of aryl methyl sites for hydroxylation is 1. The predicted octanol–water partition coefficient (Wildman–Crippen LogP) is 3.75. The lowest BCUT2D eigenvalue weighted by atomic mass is 9.79. The van der Waals surface area contributed by atoms with Gasteiger partial charge in [-0.3, -0.25) is 14.3 Å². The van der Waals surface area contributed by atoms with E-state index in [0.29, 0.717) is 31.6 Å². The van der Waals surface area contributed by atoms with Crippen LogP contribution in [0.15, 0.2) is 53.4 Å². The third-order valence-electron chi connectivity index (χ3n) is 5.83. The second-order valence-electron chi connectivity index (χ2n) is 8.65. The molecule has 1 N–H and O–H groups in total. The van der Waals surface area contributed by atoms with Crippen molar-refractivity contribution in [2.45, 2.75) is 32.7 Å². The Morgan fingerprint density at radius 3 is 2.55 bits per heavy atom. The quantitative estimate of drug-likeness (QED) is 0.640. The van der Waals surface area contributed by atoms with Gasteiger partial charge in [-0.25, -0.2) is 0 Å². The molecule has 3 heterocycles. The molecule has 2 amide bonds. The minimum Gasteiger partial charge on any atom is -0.353 e. The molecule has 1 aliphatic rings. The first kappa shape index (κ1) is 21.3. The summed E-state index contributed by atoms with van der Waals surface area (Å²) in [5.41, 5.74) is 3.26. The van der Waals surface area contributed by atoms with Crippen LogP contribution in [-0.4, -0.2) is 45.6 Å². The van der Waals surface area contributed by atoms with Crippen LogP contribution < -0.4 is 5.32 Å². The van der Waals surface area contributed by atoms with Crippen molar-refractivity contribution in [3.05, 3.63) is 64.6 Å². The van der Waals surface area contributed by atoms with Gasteiger partial charge in [0.05, 0.1) is 5.41 Å². The predicted molar refractivity (Wildman–Crippen MR) is 123 cm³/mol. The van der Waals surface area contributed by atoms with Gasteiger partial charge in [0.1, 0.15) is 5.69 Å². The van der Waals surface area contributed by atoms with E-state index < -0.39 is 5.41 Å². The van der Waals surface area contributed by atoms with Gasteiger partial charge in [-0.1, -0.05) is 24.3 Å². The Morgan fingerprint density at radius 2 is 1.94 bits per heavy atom. The zero-order valence-corrected chi connectivity index (χ0v) is 19.0. The van der Waals surface area contributed by atoms with Crippen LogP contribution >= 0.6 is 11.3 Å². The normalized spacial score (nSPS) is 18.5. The number of nitrogens with one attached hydrogen (secondary N) is 1. The summed E-state index contributed by atoms with van der Waals surface area (Å²) >= 11 is 1.68. The van der Waals surface area contributed by atoms with Gasteiger partial charge in [-0.05, 0) is 66.3 Å². The molecular formula is C24H28N4O2S. The molecule has 0 radical (unpaired) electrons. The molecule has 1 atom stereocenters. The molecule has 7 heteroatoms. The summed E-state index contributed by atoms with van der Waals surface area (Å²) in [5, 5.41) is 11.5. The first-order valence-corrected chi connectivity index (χ1v) is 11.5. The van der Waals surface area contributed by atoms with Gasteiger partial charge in [0.2, 0.25) is 5.91 Å². The average Bonchev–Trinajstić information content (AvgIpc) is 3.49. The number of aromatic nitrogens is 2. The topological polar surface area (TPSA) is 67.2 Å². The molecular weight excluding hydrogens is 408 g/mol. The van der Waals surface area contributed by atoms with Crippen LogP contribution in [-0.2, 0) is 18.3 Å². The van der Waals surface area contributed by atoms with Crippen LogP contribution in [0.4, 0.5) is 0 Å². The third kappa shape index (κ3) is 4.56. The molecule has 31 heavy (non-hydrogen) atoms. The number of benzene rings is 1. The van der Waals surface area contributed by atoms with Crippen molar-refractivity contribution in [3.63, 3.8) is 0 Å². The maximum absolute atomic E-state index is 13.3. The number of rotatable bonds is 6. The molecule has 1 fully saturated rings. The lowest BCUT2D eigenvalue weighted by molar-refractivity contribution is -0.130. The molecule has 4 rings (SSSR count). The molecule has 0 bridgehead atoms. The molecule has 0 unspecified atom stereocenters. The lowest BCUT2D eigenvalue weighted by Crippen LogP contribution is -2.47. The first-order valence-electron chi connectivity index (χ1n) is 10.6. The van der Waals surface area contributed by atoms with Crippen LogP contribution in [0.1, 0.15) is 36.3 Å². The Morgan fingerprint density at radius 1 is 1.16 bits per heavy atom. The molecule has 6 nitrogen and oxygen atoms in total. The number of nitrogens with zero attached hydrogens (tertiary/aromatic N) is 3. The zero-order valence-electron chi connectivity index (χ0n) is 18.2. The third-order valence-corrected chi connectivity index (χ3v) is 6.51. The highest BCUT2D eigenvalue weighted by Crippen LogP contribution is 2.36. The van der Waals surface area contributed by atoms with Crippen molar-refractivity contribution >= 4 is 23.2 Å². The van der Waals surface area contributed by atoms with E-state index in [4.69, 9.17) is 0 Å². The molecule has 0 saturated carbocycles. The van der Waals surface area contributed by atoms with E-state index in [2.05, 4.69) is 51.5 Å². The molecule has 1 saturated heterocycles. The van der Waals surface area contributed by atoms with Crippen molar-refractivity contribution < 1.29 is 9.59 Å². The molecule has 0 aliphatic carbocycles. The monoisotopic (exact) mass is 436 g/mol. The van der Waals surface area contributed by atoms with Crippen molar-refractivity contribution in [3.8, 4) is 11.1 Å². The number of carbonyl (C=O) groups excluding carboxylic acids is 2. The fraction of sp³-hybridized carbons (Fsp3) is 0.375. The number of amides is 2. The Kier molecular flexibility index (Phi) is 5.96. The van der Waals surface area contributed by atoms with E-state index in [1.54, 1.807) is 40.2 Å². The van der Waals surface area contributed by atoms with Gasteiger partial charge in [0, 0.05) is 32.4 Å². The summed E-state index contributed by atoms with van der Waals surface area (Å²) in [6.45, 7) is 4.88. The highest BCUT2D eigenvalue weighted by molar-refractivity contribution is 7.08. The van der Waals surface area contributed by atoms with Crippen molar-refractivity contribution in [1.82, 2.24) is 20.0 Å². The second kappa shape index (κ2) is 8.67. The van der Waals surface area contributed by atoms with E-state index >= 15 is 0 Å². The Bertz CT molecular complexity index is 1060. The van der Waals surface area contributed by atoms with Crippen LogP contribution in [0.3, 0.4) is 0 Å². The summed E-state index contributed by atoms with van der Waals surface area (Å²) < 4.78 is 1.62. The highest BCUT2D eigenvalue weighted by Gasteiger charge is 2.46. The summed E-state index contributed by atoms with van der Waals surface area (Å²) in [5.74, 6) is -0.103. The smallest absolute Gasteiger partial charge is 0.274 e. The Hall–Kier alpha value is -2.93. The number of hydrogen-bond donors (Lipinski definition) is 1. The number of hydrogen-bond acceptors (Lipinski definition) is 4. The lowest BCUT2D eigenvalue weighted by Gasteiger charge is -2.29. The van der Waals surface area contributed by atoms with E-state index in [1.807, 2.05) is 13.8 Å². The fourth-order valence-electron chi connectivity index (χ4n) is 4.20. The van der Waals surface area contributed by atoms with Gasteiger partial charge in [0.25, 0.3) is 5.91 Å². The maximum Gasteiger partial charge on any atom is 0.274 e. The summed E-state index contributed by atoms with van der Waals surface area (Å²) in [6, 6.07) is 12.3. The van der Waals surface area contributed by atoms with Crippen LogP contribution in [0.2, 0.25) is 0 Å². The first-order chi connectivity index (χ1) is 14.9. The highest BCUT2D eigenvalue weighted by atomic mass is 32.1. The molecule has 3 aromatic rings. The van der Waals surface area contributed by atoms with E-state index in [9.17, 15) is 9.59 Å². The Labute approximate surface area is 186 Å². The van der Waals surface area contributed by atoms with Crippen LogP contribution in [0.5, 0.6) is 0 Å². The van der Waals surface area contributed by atoms with Crippen molar-refractivity contribution in [2.75, 3.05) is 13.1 Å². The van der Waals surface area contributed by atoms with Gasteiger partial charge in [-0.15, -0.1) is 0 Å². The van der Waals surface area contributed by atoms with Gasteiger partial charge < -0.3 is 10.2 Å². The van der Waals surface area contributed by atoms with E-state index in [1.165, 1.54) is 11.1 Å². The van der Waals surface area contributed by atoms with Gasteiger partial charge in [-0.2, -0.15) is 16.4 Å². The van der Waals surface area contributed by atoms with E-state index in [-0.39, 0.29) is 17.9 Å². The van der Waals surface area contributed by atoms with Crippen LogP contribution in [0.25, 0.3) is 11.1 Å². The molecule has 2 aromatic heterocycles. The SMILES string of the molecule is CC(C)NC(=O)[C@]1(Cc2ccc(-c3ccsc3)cc2)CCN(C(=O)c2ccn(C)n2)C1. The van der Waals surface area contributed by atoms with Crippen LogP contribution in [0, 0.1) is 5.41 Å². The minimum absolute atomic E-state index is 0.0146. The van der Waals surface area contributed by atoms with Crippen molar-refractivity contribution in [1.29, 1.82) is 0 Å². The largest absolute Gasteiger partial charge is 0.353 e. The molecule has 1 aromatic carbocycles.